The zero-order valence-corrected chi connectivity index (χ0v) is 10.3. The maximum absolute atomic E-state index is 10.5. The van der Waals surface area contributed by atoms with Crippen molar-refractivity contribution < 1.29 is 14.6 Å². The quantitative estimate of drug-likeness (QED) is 0.460. The van der Waals surface area contributed by atoms with Gasteiger partial charge >= 0.3 is 0 Å². The van der Waals surface area contributed by atoms with Crippen LogP contribution in [0, 0.1) is 10.1 Å². The number of nitrogens with zero attached hydrogens (tertiary/aromatic N) is 1. The molecule has 0 bridgehead atoms. The number of nitro benzene ring substituents is 1. The molecule has 0 heterocycles. The topological polar surface area (TPSA) is 107 Å². The number of hydrogen-bond acceptors (Lipinski definition) is 5. The average Bonchev–Trinajstić information content (AvgIpc) is 2.25. The van der Waals surface area contributed by atoms with E-state index in [9.17, 15) is 14.9 Å². The van der Waals surface area contributed by atoms with Gasteiger partial charge in [-0.25, -0.2) is 0 Å². The summed E-state index contributed by atoms with van der Waals surface area (Å²) < 4.78 is 0.585. The van der Waals surface area contributed by atoms with Crippen LogP contribution in [0.15, 0.2) is 22.7 Å². The van der Waals surface area contributed by atoms with Crippen LogP contribution in [0.25, 0.3) is 0 Å². The summed E-state index contributed by atoms with van der Waals surface area (Å²) in [5.74, 6) is -0.583. The van der Waals surface area contributed by atoms with Gasteiger partial charge in [0.05, 0.1) is 4.92 Å². The van der Waals surface area contributed by atoms with Crippen molar-refractivity contribution in [2.45, 2.75) is 6.54 Å². The molecule has 0 saturated heterocycles. The Bertz CT molecular complexity index is 438. The minimum Gasteiger partial charge on any atom is -0.368 e. The summed E-state index contributed by atoms with van der Waals surface area (Å²) in [6.45, 7) is 0.0659. The molecule has 92 valence electrons. The molecule has 1 rings (SSSR count). The van der Waals surface area contributed by atoms with Crippen molar-refractivity contribution in [2.24, 2.45) is 5.73 Å². The first-order chi connectivity index (χ1) is 8.00. The number of amides is 1. The van der Waals surface area contributed by atoms with Gasteiger partial charge in [-0.3, -0.25) is 19.7 Å². The highest BCUT2D eigenvalue weighted by Crippen LogP contribution is 2.22. The number of hydrogen-bond donors (Lipinski definition) is 2. The lowest BCUT2D eigenvalue weighted by molar-refractivity contribution is -0.384. The molecule has 0 unspecified atom stereocenters. The fraction of sp³-hybridized carbons (Fsp3) is 0.222. The van der Waals surface area contributed by atoms with Crippen LogP contribution >= 0.6 is 15.9 Å². The number of primary amides is 1. The number of rotatable bonds is 6. The Morgan fingerprint density at radius 2 is 2.29 bits per heavy atom. The molecule has 17 heavy (non-hydrogen) atoms. The van der Waals surface area contributed by atoms with Crippen molar-refractivity contribution in [3.8, 4) is 0 Å². The van der Waals surface area contributed by atoms with E-state index in [-0.39, 0.29) is 12.3 Å². The first-order valence-corrected chi connectivity index (χ1v) is 5.36. The van der Waals surface area contributed by atoms with Crippen LogP contribution in [-0.4, -0.2) is 17.4 Å². The zero-order valence-electron chi connectivity index (χ0n) is 8.68. The Kier molecular flexibility index (Phi) is 5.01. The van der Waals surface area contributed by atoms with E-state index in [0.29, 0.717) is 11.0 Å². The summed E-state index contributed by atoms with van der Waals surface area (Å²) in [5, 5.41) is 10.5. The number of hydroxylamine groups is 1. The van der Waals surface area contributed by atoms with E-state index in [1.165, 1.54) is 12.1 Å². The maximum atomic E-state index is 10.5. The molecule has 0 aromatic heterocycles. The van der Waals surface area contributed by atoms with Gasteiger partial charge in [-0.1, -0.05) is 15.9 Å². The summed E-state index contributed by atoms with van der Waals surface area (Å²) in [4.78, 5) is 25.1. The predicted octanol–water partition coefficient (Wildman–Crippen LogP) is 0.864. The Labute approximate surface area is 105 Å². The van der Waals surface area contributed by atoms with Gasteiger partial charge < -0.3 is 5.73 Å². The summed E-state index contributed by atoms with van der Waals surface area (Å²) in [7, 11) is 0. The zero-order chi connectivity index (χ0) is 12.8. The maximum Gasteiger partial charge on any atom is 0.270 e. The first kappa shape index (κ1) is 13.6. The van der Waals surface area contributed by atoms with Gasteiger partial charge in [-0.2, -0.15) is 5.48 Å². The predicted molar refractivity (Wildman–Crippen MR) is 62.8 cm³/mol. The highest BCUT2D eigenvalue weighted by molar-refractivity contribution is 9.10. The Balaban J connectivity index is 2.54. The van der Waals surface area contributed by atoms with Crippen molar-refractivity contribution in [3.05, 3.63) is 38.3 Å². The number of nitrogens with one attached hydrogen (secondary N) is 1. The largest absolute Gasteiger partial charge is 0.368 e. The fourth-order valence-corrected chi connectivity index (χ4v) is 1.55. The minimum absolute atomic E-state index is 0.00122. The van der Waals surface area contributed by atoms with Gasteiger partial charge in [0.2, 0.25) is 5.91 Å². The second-order valence-electron chi connectivity index (χ2n) is 3.11. The standard InChI is InChI=1S/C9H10BrN3O4/c10-8-3-7(13(15)16)2-1-6(8)4-12-17-5-9(11)14/h1-3,12H,4-5H2,(H2,11,14). The van der Waals surface area contributed by atoms with Crippen molar-refractivity contribution >= 4 is 27.5 Å². The normalized spacial score (nSPS) is 10.2. The lowest BCUT2D eigenvalue weighted by atomic mass is 10.2. The number of non-ortho nitro benzene ring substituents is 1. The number of halogens is 1. The molecule has 0 fully saturated rings. The van der Waals surface area contributed by atoms with E-state index in [2.05, 4.69) is 21.4 Å². The molecule has 3 N–H and O–H groups in total. The Hall–Kier alpha value is -1.51. The van der Waals surface area contributed by atoms with E-state index in [4.69, 9.17) is 10.6 Å². The number of nitrogens with two attached hydrogens (primary N) is 1. The molecular formula is C9H10BrN3O4. The van der Waals surface area contributed by atoms with Crippen LogP contribution in [0.3, 0.4) is 0 Å². The Morgan fingerprint density at radius 3 is 2.82 bits per heavy atom. The van der Waals surface area contributed by atoms with Gasteiger partial charge in [0.1, 0.15) is 6.61 Å². The van der Waals surface area contributed by atoms with Crippen molar-refractivity contribution in [3.63, 3.8) is 0 Å². The summed E-state index contributed by atoms with van der Waals surface area (Å²) in [5.41, 5.74) is 8.15. The average molecular weight is 304 g/mol. The molecule has 0 aliphatic carbocycles. The smallest absolute Gasteiger partial charge is 0.270 e. The molecule has 1 aromatic carbocycles. The fourth-order valence-electron chi connectivity index (χ4n) is 1.04. The van der Waals surface area contributed by atoms with E-state index < -0.39 is 10.8 Å². The lowest BCUT2D eigenvalue weighted by Gasteiger charge is -2.06. The van der Waals surface area contributed by atoms with E-state index in [0.717, 1.165) is 5.56 Å². The number of carbonyl (C=O) groups excluding carboxylic acids is 1. The third-order valence-electron chi connectivity index (χ3n) is 1.83. The van der Waals surface area contributed by atoms with Crippen molar-refractivity contribution in [1.29, 1.82) is 0 Å². The summed E-state index contributed by atoms with van der Waals surface area (Å²) in [6, 6.07) is 4.36. The van der Waals surface area contributed by atoms with E-state index in [1.54, 1.807) is 6.07 Å². The second-order valence-corrected chi connectivity index (χ2v) is 3.96. The molecule has 0 aliphatic rings. The summed E-state index contributed by atoms with van der Waals surface area (Å²) in [6.07, 6.45) is 0. The van der Waals surface area contributed by atoms with Gasteiger partial charge in [0.15, 0.2) is 0 Å². The van der Waals surface area contributed by atoms with Crippen LogP contribution in [0.4, 0.5) is 5.69 Å². The molecular weight excluding hydrogens is 294 g/mol. The highest BCUT2D eigenvalue weighted by Gasteiger charge is 2.08. The minimum atomic E-state index is -0.583. The third kappa shape index (κ3) is 4.47. The monoisotopic (exact) mass is 303 g/mol. The van der Waals surface area contributed by atoms with Gasteiger partial charge in [-0.05, 0) is 11.6 Å². The van der Waals surface area contributed by atoms with Gasteiger partial charge in [0, 0.05) is 23.2 Å². The second kappa shape index (κ2) is 6.28. The molecule has 0 spiro atoms. The molecule has 0 saturated carbocycles. The van der Waals surface area contributed by atoms with Crippen molar-refractivity contribution in [1.82, 2.24) is 5.48 Å². The van der Waals surface area contributed by atoms with Gasteiger partial charge in [0.25, 0.3) is 5.69 Å². The SMILES string of the molecule is NC(=O)CONCc1ccc([N+](=O)[O-])cc1Br. The number of nitro groups is 1. The molecule has 1 aromatic rings. The Morgan fingerprint density at radius 1 is 1.59 bits per heavy atom. The van der Waals surface area contributed by atoms with Gasteiger partial charge in [-0.15, -0.1) is 0 Å². The van der Waals surface area contributed by atoms with E-state index >= 15 is 0 Å². The number of carbonyl (C=O) groups is 1. The molecule has 1 amide bonds. The van der Waals surface area contributed by atoms with Crippen LogP contribution in [0.5, 0.6) is 0 Å². The van der Waals surface area contributed by atoms with E-state index in [1.807, 2.05) is 0 Å². The van der Waals surface area contributed by atoms with Crippen molar-refractivity contribution in [2.75, 3.05) is 6.61 Å². The molecule has 0 atom stereocenters. The summed E-state index contributed by atoms with van der Waals surface area (Å²) >= 11 is 3.20. The highest BCUT2D eigenvalue weighted by atomic mass is 79.9. The molecule has 0 aliphatic heterocycles. The molecule has 8 heteroatoms. The third-order valence-corrected chi connectivity index (χ3v) is 2.56. The number of benzene rings is 1. The van der Waals surface area contributed by atoms with Crippen LogP contribution in [0.2, 0.25) is 0 Å². The molecule has 0 radical (unpaired) electrons. The molecule has 7 nitrogen and oxygen atoms in total. The lowest BCUT2D eigenvalue weighted by Crippen LogP contribution is -2.24. The van der Waals surface area contributed by atoms with Crippen LogP contribution in [-0.2, 0) is 16.2 Å². The van der Waals surface area contributed by atoms with Crippen LogP contribution in [0.1, 0.15) is 5.56 Å². The first-order valence-electron chi connectivity index (χ1n) is 4.56. The van der Waals surface area contributed by atoms with Crippen LogP contribution < -0.4 is 11.2 Å².